The van der Waals surface area contributed by atoms with Crippen LogP contribution < -0.4 is 11.1 Å². The molecule has 170 valence electrons. The third-order valence-electron chi connectivity index (χ3n) is 4.44. The molecule has 1 amide bonds. The molecule has 9 nitrogen and oxygen atoms in total. The van der Waals surface area contributed by atoms with Crippen LogP contribution in [0.2, 0.25) is 0 Å². The number of ketones is 1. The van der Waals surface area contributed by atoms with E-state index in [-0.39, 0.29) is 23.5 Å². The molecule has 1 aliphatic rings. The average Bonchev–Trinajstić information content (AvgIpc) is 2.62. The van der Waals surface area contributed by atoms with Gasteiger partial charge < -0.3 is 25.6 Å². The van der Waals surface area contributed by atoms with Crippen LogP contribution in [0.4, 0.5) is 0 Å². The summed E-state index contributed by atoms with van der Waals surface area (Å²) in [5, 5.41) is 11.0. The van der Waals surface area contributed by atoms with Gasteiger partial charge in [-0.2, -0.15) is 0 Å². The first-order valence-electron chi connectivity index (χ1n) is 9.77. The van der Waals surface area contributed by atoms with Crippen LogP contribution in [0.5, 0.6) is 0 Å². The summed E-state index contributed by atoms with van der Waals surface area (Å²) in [4.78, 5) is 46.0. The van der Waals surface area contributed by atoms with Crippen molar-refractivity contribution in [1.82, 2.24) is 5.32 Å². The number of nitrogens with two attached hydrogens (primary N) is 1. The topological polar surface area (TPSA) is 145 Å². The minimum atomic E-state index is -1.24. The molecule has 1 aliphatic heterocycles. The SMILES string of the molecule is CC1(C)OCC(C)(C)[C@H](C(=O)NCCC(N)CCSC(=O)CC(=O)/C=C/C(=O)O)O1. The van der Waals surface area contributed by atoms with Gasteiger partial charge in [-0.15, -0.1) is 0 Å². The third kappa shape index (κ3) is 9.84. The zero-order valence-corrected chi connectivity index (χ0v) is 18.8. The highest BCUT2D eigenvalue weighted by Crippen LogP contribution is 2.34. The second kappa shape index (κ2) is 11.6. The molecule has 0 aliphatic carbocycles. The van der Waals surface area contributed by atoms with Gasteiger partial charge in [0.2, 0.25) is 5.91 Å². The maximum absolute atomic E-state index is 12.5. The Morgan fingerprint density at radius 2 is 1.87 bits per heavy atom. The van der Waals surface area contributed by atoms with Crippen molar-refractivity contribution in [2.24, 2.45) is 11.1 Å². The van der Waals surface area contributed by atoms with E-state index in [0.717, 1.165) is 17.8 Å². The molecule has 1 fully saturated rings. The Balaban J connectivity index is 2.27. The number of thioether (sulfide) groups is 1. The first-order valence-corrected chi connectivity index (χ1v) is 10.8. The number of hydrogen-bond donors (Lipinski definition) is 3. The van der Waals surface area contributed by atoms with E-state index in [2.05, 4.69) is 5.32 Å². The molecule has 4 N–H and O–H groups in total. The van der Waals surface area contributed by atoms with Gasteiger partial charge in [-0.05, 0) is 32.8 Å². The number of carboxylic acid groups (broad SMARTS) is 1. The van der Waals surface area contributed by atoms with Crippen LogP contribution in [-0.4, -0.2) is 64.7 Å². The van der Waals surface area contributed by atoms with E-state index in [0.29, 0.717) is 37.8 Å². The summed E-state index contributed by atoms with van der Waals surface area (Å²) in [5.74, 6) is -2.38. The fourth-order valence-electron chi connectivity index (χ4n) is 2.68. The van der Waals surface area contributed by atoms with Crippen molar-refractivity contribution in [2.75, 3.05) is 18.9 Å². The van der Waals surface area contributed by atoms with Crippen LogP contribution >= 0.6 is 11.8 Å². The van der Waals surface area contributed by atoms with E-state index in [1.807, 2.05) is 13.8 Å². The zero-order valence-electron chi connectivity index (χ0n) is 17.9. The molecule has 30 heavy (non-hydrogen) atoms. The minimum Gasteiger partial charge on any atom is -0.478 e. The van der Waals surface area contributed by atoms with Gasteiger partial charge in [-0.25, -0.2) is 4.79 Å². The Labute approximate surface area is 181 Å². The predicted molar refractivity (Wildman–Crippen MR) is 113 cm³/mol. The lowest BCUT2D eigenvalue weighted by atomic mass is 9.85. The van der Waals surface area contributed by atoms with E-state index >= 15 is 0 Å². The van der Waals surface area contributed by atoms with Gasteiger partial charge in [-0.3, -0.25) is 14.4 Å². The van der Waals surface area contributed by atoms with Gasteiger partial charge >= 0.3 is 5.97 Å². The fourth-order valence-corrected chi connectivity index (χ4v) is 3.57. The maximum atomic E-state index is 12.5. The average molecular weight is 445 g/mol. The van der Waals surface area contributed by atoms with E-state index in [1.54, 1.807) is 13.8 Å². The summed E-state index contributed by atoms with van der Waals surface area (Å²) in [6.45, 7) is 8.16. The number of carbonyl (C=O) groups excluding carboxylic acids is 3. The van der Waals surface area contributed by atoms with Crippen LogP contribution in [-0.2, 0) is 28.7 Å². The van der Waals surface area contributed by atoms with E-state index in [4.69, 9.17) is 20.3 Å². The Kier molecular flexibility index (Phi) is 10.2. The van der Waals surface area contributed by atoms with Gasteiger partial charge in [0.1, 0.15) is 6.10 Å². The number of carboxylic acids is 1. The lowest BCUT2D eigenvalue weighted by Crippen LogP contribution is -2.56. The summed E-state index contributed by atoms with van der Waals surface area (Å²) in [5.41, 5.74) is 5.58. The number of ether oxygens (including phenoxy) is 2. The highest BCUT2D eigenvalue weighted by molar-refractivity contribution is 8.13. The molecule has 1 rings (SSSR count). The van der Waals surface area contributed by atoms with Crippen molar-refractivity contribution < 1.29 is 33.8 Å². The van der Waals surface area contributed by atoms with Gasteiger partial charge in [0, 0.05) is 29.8 Å². The molecule has 10 heteroatoms. The second-order valence-corrected chi connectivity index (χ2v) is 9.49. The van der Waals surface area contributed by atoms with Crippen LogP contribution in [0.1, 0.15) is 47.0 Å². The van der Waals surface area contributed by atoms with Crippen LogP contribution in [0, 0.1) is 5.41 Å². The zero-order chi connectivity index (χ0) is 22.9. The Morgan fingerprint density at radius 1 is 1.20 bits per heavy atom. The molecule has 2 atom stereocenters. The molecular weight excluding hydrogens is 412 g/mol. The van der Waals surface area contributed by atoms with E-state index in [1.165, 1.54) is 0 Å². The molecule has 0 aromatic carbocycles. The number of carbonyl (C=O) groups is 4. The van der Waals surface area contributed by atoms with Crippen molar-refractivity contribution in [3.63, 3.8) is 0 Å². The minimum absolute atomic E-state index is 0.207. The van der Waals surface area contributed by atoms with Crippen LogP contribution in [0.25, 0.3) is 0 Å². The van der Waals surface area contributed by atoms with Gasteiger partial charge in [0.15, 0.2) is 16.7 Å². The molecule has 0 bridgehead atoms. The number of nitrogens with one attached hydrogen (secondary N) is 1. The number of amides is 1. The number of aliphatic carboxylic acids is 1. The molecule has 0 saturated carbocycles. The molecule has 1 saturated heterocycles. The normalized spacial score (nSPS) is 21.2. The lowest BCUT2D eigenvalue weighted by molar-refractivity contribution is -0.304. The highest BCUT2D eigenvalue weighted by Gasteiger charge is 2.45. The van der Waals surface area contributed by atoms with E-state index < -0.39 is 29.1 Å². The summed E-state index contributed by atoms with van der Waals surface area (Å²) in [7, 11) is 0. The molecule has 0 aromatic heterocycles. The van der Waals surface area contributed by atoms with Crippen molar-refractivity contribution >= 4 is 34.5 Å². The first-order chi connectivity index (χ1) is 13.8. The van der Waals surface area contributed by atoms with Crippen LogP contribution in [0.15, 0.2) is 12.2 Å². The first kappa shape index (κ1) is 26.3. The predicted octanol–water partition coefficient (Wildman–Crippen LogP) is 1.25. The van der Waals surface area contributed by atoms with Crippen molar-refractivity contribution in [3.05, 3.63) is 12.2 Å². The van der Waals surface area contributed by atoms with Gasteiger partial charge in [0.05, 0.1) is 13.0 Å². The second-order valence-electron chi connectivity index (χ2n) is 8.34. The lowest BCUT2D eigenvalue weighted by Gasteiger charge is -2.44. The van der Waals surface area contributed by atoms with Crippen molar-refractivity contribution in [1.29, 1.82) is 0 Å². The molecule has 1 unspecified atom stereocenters. The quantitative estimate of drug-likeness (QED) is 0.316. The van der Waals surface area contributed by atoms with Crippen molar-refractivity contribution in [3.8, 4) is 0 Å². The van der Waals surface area contributed by atoms with Gasteiger partial charge in [-0.1, -0.05) is 25.6 Å². The fraction of sp³-hybridized carbons (Fsp3) is 0.700. The largest absolute Gasteiger partial charge is 0.478 e. The standard InChI is InChI=1S/C20H32N2O7S/c1-19(2)12-28-20(3,4)29-17(19)18(27)22-9-7-13(21)8-10-30-16(26)11-14(23)5-6-15(24)25/h5-6,13,17H,7-12,21H2,1-4H3,(H,22,27)(H,24,25)/b6-5+/t13?,17-/m0/s1. The molecular formula is C20H32N2O7S. The smallest absolute Gasteiger partial charge is 0.328 e. The number of rotatable bonds is 11. The molecule has 0 aromatic rings. The van der Waals surface area contributed by atoms with Gasteiger partial charge in [0.25, 0.3) is 0 Å². The summed E-state index contributed by atoms with van der Waals surface area (Å²) >= 11 is 0.987. The molecule has 1 heterocycles. The monoisotopic (exact) mass is 444 g/mol. The Morgan fingerprint density at radius 3 is 2.50 bits per heavy atom. The Hall–Kier alpha value is -1.75. The number of hydrogen-bond acceptors (Lipinski definition) is 8. The Bertz CT molecular complexity index is 676. The third-order valence-corrected chi connectivity index (χ3v) is 5.34. The molecule has 0 spiro atoms. The molecule has 0 radical (unpaired) electrons. The summed E-state index contributed by atoms with van der Waals surface area (Å²) < 4.78 is 11.4. The summed E-state index contributed by atoms with van der Waals surface area (Å²) in [6, 6.07) is -0.215. The van der Waals surface area contributed by atoms with E-state index in [9.17, 15) is 19.2 Å². The highest BCUT2D eigenvalue weighted by atomic mass is 32.2. The van der Waals surface area contributed by atoms with Crippen molar-refractivity contribution in [2.45, 2.75) is 64.9 Å². The van der Waals surface area contributed by atoms with Crippen LogP contribution in [0.3, 0.4) is 0 Å². The summed E-state index contributed by atoms with van der Waals surface area (Å²) in [6.07, 6.45) is 1.68. The maximum Gasteiger partial charge on any atom is 0.328 e. The number of allylic oxidation sites excluding steroid dienone is 1.